The van der Waals surface area contributed by atoms with Gasteiger partial charge in [0.05, 0.1) is 11.9 Å². The molecule has 2 unspecified atom stereocenters. The second kappa shape index (κ2) is 4.19. The highest BCUT2D eigenvalue weighted by Crippen LogP contribution is 2.38. The van der Waals surface area contributed by atoms with E-state index in [1.807, 2.05) is 12.3 Å². The molecule has 15 heavy (non-hydrogen) atoms. The van der Waals surface area contributed by atoms with Gasteiger partial charge in [-0.15, -0.1) is 0 Å². The molecule has 82 valence electrons. The lowest BCUT2D eigenvalue weighted by Gasteiger charge is -2.21. The number of hydrogen-bond donors (Lipinski definition) is 1. The number of anilines is 1. The monoisotopic (exact) mass is 205 g/mol. The van der Waals surface area contributed by atoms with Crippen molar-refractivity contribution in [2.24, 2.45) is 17.6 Å². The second-order valence-corrected chi connectivity index (χ2v) is 4.56. The highest BCUT2D eigenvalue weighted by molar-refractivity contribution is 5.51. The summed E-state index contributed by atoms with van der Waals surface area (Å²) in [6.07, 6.45) is 5.08. The van der Waals surface area contributed by atoms with Crippen molar-refractivity contribution < 1.29 is 0 Å². The fourth-order valence-corrected chi connectivity index (χ4v) is 2.03. The lowest BCUT2D eigenvalue weighted by atomic mass is 10.2. The van der Waals surface area contributed by atoms with Gasteiger partial charge in [0.25, 0.3) is 0 Å². The average Bonchev–Trinajstić information content (AvgIpc) is 2.94. The first-order valence-corrected chi connectivity index (χ1v) is 5.56. The first kappa shape index (κ1) is 10.4. The van der Waals surface area contributed by atoms with E-state index in [1.165, 1.54) is 17.7 Å². The average molecular weight is 205 g/mol. The van der Waals surface area contributed by atoms with Crippen molar-refractivity contribution in [3.63, 3.8) is 0 Å². The Morgan fingerprint density at radius 1 is 1.60 bits per heavy atom. The SMILES string of the molecule is CC1CC1CN(C)c1cnccc1CN. The lowest BCUT2D eigenvalue weighted by molar-refractivity contribution is 0.722. The van der Waals surface area contributed by atoms with Crippen LogP contribution in [0.15, 0.2) is 18.5 Å². The van der Waals surface area contributed by atoms with E-state index in [9.17, 15) is 0 Å². The van der Waals surface area contributed by atoms with Crippen LogP contribution in [0.5, 0.6) is 0 Å². The molecule has 1 aliphatic carbocycles. The maximum atomic E-state index is 5.71. The number of nitrogens with zero attached hydrogens (tertiary/aromatic N) is 2. The summed E-state index contributed by atoms with van der Waals surface area (Å²) in [5, 5.41) is 0. The molecule has 3 heteroatoms. The van der Waals surface area contributed by atoms with Crippen molar-refractivity contribution in [1.82, 2.24) is 4.98 Å². The molecular formula is C12H19N3. The van der Waals surface area contributed by atoms with Gasteiger partial charge in [0.1, 0.15) is 0 Å². The smallest absolute Gasteiger partial charge is 0.0595 e. The molecule has 0 aromatic carbocycles. The highest BCUT2D eigenvalue weighted by atomic mass is 15.1. The standard InChI is InChI=1S/C12H19N3/c1-9-5-11(9)8-15(2)12-7-14-4-3-10(12)6-13/h3-4,7,9,11H,5-6,8,13H2,1-2H3. The molecular weight excluding hydrogens is 186 g/mol. The van der Waals surface area contributed by atoms with Gasteiger partial charge in [0.15, 0.2) is 0 Å². The minimum atomic E-state index is 0.586. The lowest BCUT2D eigenvalue weighted by Crippen LogP contribution is -2.22. The van der Waals surface area contributed by atoms with Crippen molar-refractivity contribution in [1.29, 1.82) is 0 Å². The van der Waals surface area contributed by atoms with Crippen molar-refractivity contribution in [2.45, 2.75) is 19.9 Å². The Balaban J connectivity index is 2.06. The summed E-state index contributed by atoms with van der Waals surface area (Å²) in [6, 6.07) is 2.00. The normalized spacial score (nSPS) is 23.9. The van der Waals surface area contributed by atoms with Crippen LogP contribution >= 0.6 is 0 Å². The van der Waals surface area contributed by atoms with Crippen LogP contribution in [-0.4, -0.2) is 18.6 Å². The van der Waals surface area contributed by atoms with Crippen LogP contribution in [0.25, 0.3) is 0 Å². The summed E-state index contributed by atoms with van der Waals surface area (Å²) in [5.74, 6) is 1.76. The van der Waals surface area contributed by atoms with Gasteiger partial charge in [-0.25, -0.2) is 0 Å². The third-order valence-corrected chi connectivity index (χ3v) is 3.30. The van der Waals surface area contributed by atoms with Gasteiger partial charge < -0.3 is 10.6 Å². The first-order chi connectivity index (χ1) is 7.22. The summed E-state index contributed by atoms with van der Waals surface area (Å²) < 4.78 is 0. The summed E-state index contributed by atoms with van der Waals surface area (Å²) in [4.78, 5) is 6.44. The topological polar surface area (TPSA) is 42.2 Å². The van der Waals surface area contributed by atoms with Gasteiger partial charge in [0.2, 0.25) is 0 Å². The molecule has 1 heterocycles. The Bertz CT molecular complexity index is 337. The molecule has 0 spiro atoms. The molecule has 0 bridgehead atoms. The number of rotatable bonds is 4. The van der Waals surface area contributed by atoms with Gasteiger partial charge in [-0.3, -0.25) is 4.98 Å². The summed E-state index contributed by atoms with van der Waals surface area (Å²) in [7, 11) is 2.13. The van der Waals surface area contributed by atoms with E-state index in [2.05, 4.69) is 23.9 Å². The minimum absolute atomic E-state index is 0.586. The molecule has 1 aromatic heterocycles. The summed E-state index contributed by atoms with van der Waals surface area (Å²) in [6.45, 7) is 4.02. The molecule has 3 nitrogen and oxygen atoms in total. The fraction of sp³-hybridized carbons (Fsp3) is 0.583. The van der Waals surface area contributed by atoms with Gasteiger partial charge in [-0.2, -0.15) is 0 Å². The minimum Gasteiger partial charge on any atom is -0.373 e. The van der Waals surface area contributed by atoms with E-state index >= 15 is 0 Å². The van der Waals surface area contributed by atoms with E-state index in [0.29, 0.717) is 6.54 Å². The molecule has 1 aromatic rings. The Hall–Kier alpha value is -1.09. The van der Waals surface area contributed by atoms with Crippen molar-refractivity contribution in [2.75, 3.05) is 18.5 Å². The van der Waals surface area contributed by atoms with Crippen LogP contribution in [0, 0.1) is 11.8 Å². The summed E-state index contributed by atoms with van der Waals surface area (Å²) >= 11 is 0. The van der Waals surface area contributed by atoms with E-state index in [1.54, 1.807) is 6.20 Å². The van der Waals surface area contributed by atoms with E-state index < -0.39 is 0 Å². The first-order valence-electron chi connectivity index (χ1n) is 5.56. The van der Waals surface area contributed by atoms with Crippen molar-refractivity contribution in [3.05, 3.63) is 24.0 Å². The Morgan fingerprint density at radius 2 is 2.33 bits per heavy atom. The molecule has 2 rings (SSSR count). The van der Waals surface area contributed by atoms with Gasteiger partial charge in [0, 0.05) is 26.3 Å². The van der Waals surface area contributed by atoms with Crippen LogP contribution < -0.4 is 10.6 Å². The maximum absolute atomic E-state index is 5.71. The third-order valence-electron chi connectivity index (χ3n) is 3.30. The molecule has 1 saturated carbocycles. The number of pyridine rings is 1. The Kier molecular flexibility index (Phi) is 2.91. The highest BCUT2D eigenvalue weighted by Gasteiger charge is 2.33. The number of nitrogens with two attached hydrogens (primary N) is 1. The zero-order valence-corrected chi connectivity index (χ0v) is 9.48. The maximum Gasteiger partial charge on any atom is 0.0595 e. The predicted octanol–water partition coefficient (Wildman–Crippen LogP) is 1.63. The van der Waals surface area contributed by atoms with Crippen LogP contribution in [0.2, 0.25) is 0 Å². The number of aromatic nitrogens is 1. The van der Waals surface area contributed by atoms with Crippen LogP contribution in [0.4, 0.5) is 5.69 Å². The Labute approximate surface area is 91.3 Å². The molecule has 2 atom stereocenters. The van der Waals surface area contributed by atoms with Crippen LogP contribution in [0.3, 0.4) is 0 Å². The van der Waals surface area contributed by atoms with Gasteiger partial charge in [-0.1, -0.05) is 6.92 Å². The van der Waals surface area contributed by atoms with Crippen molar-refractivity contribution in [3.8, 4) is 0 Å². The van der Waals surface area contributed by atoms with Crippen LogP contribution in [-0.2, 0) is 6.54 Å². The van der Waals surface area contributed by atoms with E-state index in [-0.39, 0.29) is 0 Å². The molecule has 0 amide bonds. The largest absolute Gasteiger partial charge is 0.373 e. The van der Waals surface area contributed by atoms with Gasteiger partial charge >= 0.3 is 0 Å². The quantitative estimate of drug-likeness (QED) is 0.812. The fourth-order valence-electron chi connectivity index (χ4n) is 2.03. The summed E-state index contributed by atoms with van der Waals surface area (Å²) in [5.41, 5.74) is 8.07. The van der Waals surface area contributed by atoms with Crippen LogP contribution in [0.1, 0.15) is 18.9 Å². The molecule has 1 aliphatic rings. The molecule has 2 N–H and O–H groups in total. The zero-order chi connectivity index (χ0) is 10.8. The molecule has 0 radical (unpaired) electrons. The van der Waals surface area contributed by atoms with Gasteiger partial charge in [-0.05, 0) is 29.9 Å². The molecule has 0 saturated heterocycles. The van der Waals surface area contributed by atoms with E-state index in [4.69, 9.17) is 5.73 Å². The predicted molar refractivity (Wildman–Crippen MR) is 62.7 cm³/mol. The van der Waals surface area contributed by atoms with E-state index in [0.717, 1.165) is 18.4 Å². The Morgan fingerprint density at radius 3 is 2.93 bits per heavy atom. The number of hydrogen-bond acceptors (Lipinski definition) is 3. The third kappa shape index (κ3) is 2.29. The second-order valence-electron chi connectivity index (χ2n) is 4.56. The molecule has 1 fully saturated rings. The zero-order valence-electron chi connectivity index (χ0n) is 9.48. The molecule has 0 aliphatic heterocycles. The van der Waals surface area contributed by atoms with Crippen molar-refractivity contribution >= 4 is 5.69 Å².